The Morgan fingerprint density at radius 3 is 2.38 bits per heavy atom. The zero-order valence-corrected chi connectivity index (χ0v) is 35.9. The lowest BCUT2D eigenvalue weighted by Crippen LogP contribution is -2.61. The number of nitrogens with zero attached hydrogens (tertiary/aromatic N) is 3. The Morgan fingerprint density at radius 1 is 1.00 bits per heavy atom. The van der Waals surface area contributed by atoms with Gasteiger partial charge in [0.05, 0.1) is 12.9 Å². The van der Waals surface area contributed by atoms with E-state index in [4.69, 9.17) is 11.5 Å². The number of para-hydroxylation sites is 1. The SMILES string of the molecule is CSCC[C@H](NC(C)=O)C(=O)N[C@H](C(=O)NC1(C(=O)N[C@@H](Cc2c[nH]c3ccccc23)C(=O)N(CCCCN=C(N)N)CC(=O)N[C@@H](C)C(=O)O)CC1c1cnc[nH]1)C(C)C. The molecule has 0 aliphatic heterocycles. The first-order valence-corrected chi connectivity index (χ1v) is 21.5. The Labute approximate surface area is 358 Å². The number of aliphatic carboxylic acids is 1. The first-order valence-electron chi connectivity index (χ1n) is 20.1. The van der Waals surface area contributed by atoms with Gasteiger partial charge in [0, 0.05) is 61.3 Å². The number of benzene rings is 1. The minimum Gasteiger partial charge on any atom is -0.480 e. The molecular formula is C40H58N12O8S. The molecule has 1 aliphatic rings. The normalized spacial score (nSPS) is 17.6. The number of thioether (sulfide) groups is 1. The maximum absolute atomic E-state index is 14.8. The molecule has 1 aromatic carbocycles. The van der Waals surface area contributed by atoms with Crippen molar-refractivity contribution in [2.24, 2.45) is 22.4 Å². The number of aromatic nitrogens is 3. The first kappa shape index (κ1) is 47.6. The first-order chi connectivity index (χ1) is 29.0. The van der Waals surface area contributed by atoms with Crippen LogP contribution in [0.25, 0.3) is 10.9 Å². The highest BCUT2D eigenvalue weighted by Gasteiger charge is 2.63. The van der Waals surface area contributed by atoms with Crippen molar-refractivity contribution in [2.45, 2.75) is 95.4 Å². The van der Waals surface area contributed by atoms with E-state index in [1.165, 1.54) is 43.0 Å². The summed E-state index contributed by atoms with van der Waals surface area (Å²) >= 11 is 1.50. The van der Waals surface area contributed by atoms with Crippen molar-refractivity contribution in [1.82, 2.24) is 46.4 Å². The second kappa shape index (κ2) is 21.9. The summed E-state index contributed by atoms with van der Waals surface area (Å²) in [6.45, 7) is 5.83. The third-order valence-corrected chi connectivity index (χ3v) is 11.0. The Bertz CT molecular complexity index is 2050. The van der Waals surface area contributed by atoms with Crippen molar-refractivity contribution in [3.8, 4) is 0 Å². The van der Waals surface area contributed by atoms with E-state index < -0.39 is 89.5 Å². The molecule has 332 valence electrons. The van der Waals surface area contributed by atoms with Crippen LogP contribution in [0.15, 0.2) is 48.0 Å². The van der Waals surface area contributed by atoms with Crippen LogP contribution >= 0.6 is 11.8 Å². The number of carboxylic acids is 1. The van der Waals surface area contributed by atoms with Crippen molar-refractivity contribution in [2.75, 3.05) is 31.6 Å². The number of fused-ring (bicyclic) bond motifs is 1. The van der Waals surface area contributed by atoms with Gasteiger partial charge in [0.15, 0.2) is 5.96 Å². The number of nitrogens with two attached hydrogens (primary N) is 2. The maximum atomic E-state index is 14.8. The van der Waals surface area contributed by atoms with Crippen LogP contribution in [-0.4, -0.2) is 134 Å². The fraction of sp³-hybridized carbons (Fsp3) is 0.525. The smallest absolute Gasteiger partial charge is 0.325 e. The van der Waals surface area contributed by atoms with Crippen molar-refractivity contribution in [1.29, 1.82) is 0 Å². The topological polar surface area (TPSA) is 312 Å². The van der Waals surface area contributed by atoms with E-state index in [0.29, 0.717) is 36.3 Å². The van der Waals surface area contributed by atoms with Gasteiger partial charge in [0.2, 0.25) is 35.4 Å². The predicted molar refractivity (Wildman–Crippen MR) is 230 cm³/mol. The number of carbonyl (C=O) groups excluding carboxylic acids is 6. The van der Waals surface area contributed by atoms with Crippen LogP contribution in [0.2, 0.25) is 0 Å². The van der Waals surface area contributed by atoms with Crippen LogP contribution in [0.3, 0.4) is 0 Å². The van der Waals surface area contributed by atoms with E-state index in [0.717, 1.165) is 10.9 Å². The molecule has 2 heterocycles. The van der Waals surface area contributed by atoms with E-state index in [-0.39, 0.29) is 31.9 Å². The molecule has 1 aliphatic carbocycles. The van der Waals surface area contributed by atoms with Gasteiger partial charge >= 0.3 is 5.97 Å². The van der Waals surface area contributed by atoms with Crippen LogP contribution < -0.4 is 38.1 Å². The van der Waals surface area contributed by atoms with Gasteiger partial charge < -0.3 is 58.0 Å². The lowest BCUT2D eigenvalue weighted by atomic mass is 10.00. The number of aliphatic imine (C=N–C) groups is 1. The largest absolute Gasteiger partial charge is 0.480 e. The number of imidazole rings is 1. The number of amides is 6. The monoisotopic (exact) mass is 866 g/mol. The Morgan fingerprint density at radius 2 is 1.74 bits per heavy atom. The molecule has 0 radical (unpaired) electrons. The molecule has 21 heteroatoms. The lowest BCUT2D eigenvalue weighted by Gasteiger charge is -2.30. The van der Waals surface area contributed by atoms with Gasteiger partial charge in [-0.05, 0) is 62.2 Å². The molecule has 0 saturated heterocycles. The summed E-state index contributed by atoms with van der Waals surface area (Å²) < 4.78 is 0. The Hall–Kier alpha value is -6.12. The molecule has 1 saturated carbocycles. The van der Waals surface area contributed by atoms with Gasteiger partial charge in [-0.1, -0.05) is 32.0 Å². The molecule has 0 bridgehead atoms. The van der Waals surface area contributed by atoms with Gasteiger partial charge in [-0.25, -0.2) is 4.98 Å². The highest BCUT2D eigenvalue weighted by atomic mass is 32.2. The summed E-state index contributed by atoms with van der Waals surface area (Å²) in [5.41, 5.74) is 11.4. The van der Waals surface area contributed by atoms with Gasteiger partial charge in [0.1, 0.15) is 29.7 Å². The summed E-state index contributed by atoms with van der Waals surface area (Å²) in [4.78, 5) is 109. The highest BCUT2D eigenvalue weighted by Crippen LogP contribution is 2.51. The number of hydrogen-bond donors (Lipinski definition) is 10. The van der Waals surface area contributed by atoms with Crippen LogP contribution in [0.4, 0.5) is 0 Å². The minimum absolute atomic E-state index is 0.0266. The number of nitrogens with one attached hydrogen (secondary N) is 7. The second-order valence-electron chi connectivity index (χ2n) is 15.5. The van der Waals surface area contributed by atoms with Crippen LogP contribution in [0.1, 0.15) is 70.6 Å². The summed E-state index contributed by atoms with van der Waals surface area (Å²) in [5, 5.41) is 23.8. The third kappa shape index (κ3) is 13.2. The predicted octanol–water partition coefficient (Wildman–Crippen LogP) is -0.169. The molecule has 12 N–H and O–H groups in total. The van der Waals surface area contributed by atoms with Crippen LogP contribution in [0.5, 0.6) is 0 Å². The molecule has 0 spiro atoms. The number of aromatic amines is 2. The fourth-order valence-corrected chi connectivity index (χ4v) is 7.49. The number of guanidine groups is 1. The number of carboxylic acid groups (broad SMARTS) is 1. The third-order valence-electron chi connectivity index (χ3n) is 10.4. The maximum Gasteiger partial charge on any atom is 0.325 e. The molecule has 2 unspecified atom stereocenters. The van der Waals surface area contributed by atoms with Crippen molar-refractivity contribution < 1.29 is 38.7 Å². The van der Waals surface area contributed by atoms with E-state index in [2.05, 4.69) is 46.5 Å². The number of hydrogen-bond acceptors (Lipinski definition) is 10. The molecular weight excluding hydrogens is 809 g/mol. The van der Waals surface area contributed by atoms with Gasteiger partial charge in [0.25, 0.3) is 0 Å². The average Bonchev–Trinajstić information content (AvgIpc) is 3.48. The van der Waals surface area contributed by atoms with Crippen molar-refractivity contribution in [3.63, 3.8) is 0 Å². The Balaban J connectivity index is 1.68. The fourth-order valence-electron chi connectivity index (χ4n) is 7.02. The molecule has 2 aromatic heterocycles. The molecule has 3 aromatic rings. The molecule has 20 nitrogen and oxygen atoms in total. The second-order valence-corrected chi connectivity index (χ2v) is 16.5. The van der Waals surface area contributed by atoms with E-state index >= 15 is 0 Å². The molecule has 6 amide bonds. The van der Waals surface area contributed by atoms with Crippen molar-refractivity contribution >= 4 is 70.0 Å². The number of H-pyrrole nitrogens is 2. The average molecular weight is 867 g/mol. The molecule has 61 heavy (non-hydrogen) atoms. The number of rotatable bonds is 24. The van der Waals surface area contributed by atoms with Gasteiger partial charge in [-0.2, -0.15) is 11.8 Å². The lowest BCUT2D eigenvalue weighted by molar-refractivity contribution is -0.143. The number of unbranched alkanes of at least 4 members (excludes halogenated alkanes) is 1. The number of carbonyl (C=O) groups is 7. The minimum atomic E-state index is -1.60. The van der Waals surface area contributed by atoms with Crippen LogP contribution in [-0.2, 0) is 40.0 Å². The molecule has 6 atom stereocenters. The van der Waals surface area contributed by atoms with Crippen molar-refractivity contribution in [3.05, 3.63) is 54.2 Å². The van der Waals surface area contributed by atoms with E-state index in [9.17, 15) is 38.7 Å². The summed E-state index contributed by atoms with van der Waals surface area (Å²) in [7, 11) is 0. The zero-order valence-electron chi connectivity index (χ0n) is 35.1. The van der Waals surface area contributed by atoms with Crippen LogP contribution in [0, 0.1) is 5.92 Å². The standard InChI is InChI=1S/C40H58N12O8S/c1-22(2)33(50-34(55)29(12-15-61-5)48-24(4)53)35(56)51-40(17-27(40)31-19-43-21-46-31)38(60)49-30(16-25-18-45-28-11-7-6-10-26(25)28)36(57)52(14-9-8-13-44-39(41)42)20-32(54)47-23(3)37(58)59/h6-7,10-11,18-19,21-23,27,29-30,33,45H,8-9,12-17,20H2,1-5H3,(H,43,46)(H,47,54)(H,48,53)(H,49,60)(H,50,55)(H,51,56)(H,58,59)(H4,41,42,44)/t23-,27?,29-,30-,33-,40?/m0/s1. The summed E-state index contributed by atoms with van der Waals surface area (Å²) in [6, 6.07) is 2.87. The zero-order chi connectivity index (χ0) is 44.9. The van der Waals surface area contributed by atoms with Gasteiger partial charge in [-0.3, -0.25) is 38.6 Å². The molecule has 4 rings (SSSR count). The van der Waals surface area contributed by atoms with Gasteiger partial charge in [-0.15, -0.1) is 0 Å². The summed E-state index contributed by atoms with van der Waals surface area (Å²) in [6.07, 6.45) is 7.77. The molecule has 1 fully saturated rings. The highest BCUT2D eigenvalue weighted by molar-refractivity contribution is 7.98. The van der Waals surface area contributed by atoms with E-state index in [1.807, 2.05) is 30.5 Å². The van der Waals surface area contributed by atoms with E-state index in [1.54, 1.807) is 20.0 Å². The quantitative estimate of drug-likeness (QED) is 0.0319. The Kier molecular flexibility index (Phi) is 17.1. The summed E-state index contributed by atoms with van der Waals surface area (Å²) in [5.74, 6) is -5.52.